The van der Waals surface area contributed by atoms with Crippen LogP contribution in [0.2, 0.25) is 0 Å². The summed E-state index contributed by atoms with van der Waals surface area (Å²) in [4.78, 5) is 19.1. The fourth-order valence-electron chi connectivity index (χ4n) is 2.38. The lowest BCUT2D eigenvalue weighted by molar-refractivity contribution is 0.771. The van der Waals surface area contributed by atoms with E-state index in [4.69, 9.17) is 0 Å². The third kappa shape index (κ3) is 3.23. The molecule has 3 rings (SSSR count). The first-order valence-corrected chi connectivity index (χ1v) is 8.25. The first kappa shape index (κ1) is 16.4. The smallest absolute Gasteiger partial charge is 0.282 e. The van der Waals surface area contributed by atoms with Crippen LogP contribution in [0, 0.1) is 6.92 Å². The molecule has 0 aliphatic heterocycles. The lowest BCUT2D eigenvalue weighted by atomic mass is 10.2. The van der Waals surface area contributed by atoms with Gasteiger partial charge in [-0.2, -0.15) is 9.78 Å². The van der Waals surface area contributed by atoms with E-state index >= 15 is 0 Å². The summed E-state index contributed by atoms with van der Waals surface area (Å²) in [6.45, 7) is 1.77. The molecule has 6 heteroatoms. The standard InChI is InChI=1S/C18H17BrN4O/c1-12-21-17-9-6-14(19)10-16(17)18(24)23(12)20-11-13-4-7-15(8-5-13)22(2)3/h4-11H,1-3H3. The van der Waals surface area contributed by atoms with Crippen molar-refractivity contribution in [1.82, 2.24) is 9.66 Å². The fraction of sp³-hybridized carbons (Fsp3) is 0.167. The van der Waals surface area contributed by atoms with E-state index in [2.05, 4.69) is 26.0 Å². The third-order valence-electron chi connectivity index (χ3n) is 3.70. The zero-order valence-corrected chi connectivity index (χ0v) is 15.3. The quantitative estimate of drug-likeness (QED) is 0.650. The molecule has 0 saturated heterocycles. The molecule has 0 aliphatic carbocycles. The highest BCUT2D eigenvalue weighted by atomic mass is 79.9. The van der Waals surface area contributed by atoms with Crippen LogP contribution in [0.5, 0.6) is 0 Å². The summed E-state index contributed by atoms with van der Waals surface area (Å²) in [5, 5.41) is 4.85. The van der Waals surface area contributed by atoms with Crippen molar-refractivity contribution in [2.45, 2.75) is 6.92 Å². The number of halogens is 1. The zero-order valence-electron chi connectivity index (χ0n) is 13.7. The van der Waals surface area contributed by atoms with Crippen molar-refractivity contribution in [2.75, 3.05) is 19.0 Å². The maximum absolute atomic E-state index is 12.6. The van der Waals surface area contributed by atoms with Crippen molar-refractivity contribution in [3.63, 3.8) is 0 Å². The number of hydrogen-bond acceptors (Lipinski definition) is 4. The number of aryl methyl sites for hydroxylation is 1. The molecule has 0 aliphatic rings. The van der Waals surface area contributed by atoms with Gasteiger partial charge in [0.15, 0.2) is 0 Å². The number of anilines is 1. The second-order valence-electron chi connectivity index (χ2n) is 5.67. The van der Waals surface area contributed by atoms with Gasteiger partial charge in [-0.05, 0) is 42.8 Å². The molecular formula is C18H17BrN4O. The van der Waals surface area contributed by atoms with Gasteiger partial charge in [0.2, 0.25) is 0 Å². The molecule has 1 aromatic heterocycles. The van der Waals surface area contributed by atoms with Crippen LogP contribution in [-0.2, 0) is 0 Å². The number of rotatable bonds is 3. The van der Waals surface area contributed by atoms with Crippen molar-refractivity contribution < 1.29 is 0 Å². The van der Waals surface area contributed by atoms with E-state index < -0.39 is 0 Å². The van der Waals surface area contributed by atoms with Gasteiger partial charge in [0.1, 0.15) is 5.82 Å². The topological polar surface area (TPSA) is 50.5 Å². The fourth-order valence-corrected chi connectivity index (χ4v) is 2.74. The number of hydrogen-bond donors (Lipinski definition) is 0. The predicted molar refractivity (Wildman–Crippen MR) is 102 cm³/mol. The lowest BCUT2D eigenvalue weighted by Crippen LogP contribution is -2.20. The highest BCUT2D eigenvalue weighted by molar-refractivity contribution is 9.10. The van der Waals surface area contributed by atoms with Crippen molar-refractivity contribution in [1.29, 1.82) is 0 Å². The van der Waals surface area contributed by atoms with E-state index in [1.54, 1.807) is 19.2 Å². The Bertz CT molecular complexity index is 975. The van der Waals surface area contributed by atoms with Gasteiger partial charge in [-0.1, -0.05) is 28.1 Å². The van der Waals surface area contributed by atoms with Crippen LogP contribution in [0.25, 0.3) is 10.9 Å². The maximum atomic E-state index is 12.6. The molecule has 122 valence electrons. The van der Waals surface area contributed by atoms with Gasteiger partial charge in [-0.3, -0.25) is 4.79 Å². The van der Waals surface area contributed by atoms with Crippen molar-refractivity contribution in [3.05, 3.63) is 68.7 Å². The first-order valence-electron chi connectivity index (χ1n) is 7.46. The van der Waals surface area contributed by atoms with Gasteiger partial charge in [-0.25, -0.2) is 4.98 Å². The highest BCUT2D eigenvalue weighted by Gasteiger charge is 2.07. The number of nitrogens with zero attached hydrogens (tertiary/aromatic N) is 4. The minimum atomic E-state index is -0.181. The summed E-state index contributed by atoms with van der Waals surface area (Å²) in [6.07, 6.45) is 1.67. The minimum Gasteiger partial charge on any atom is -0.378 e. The summed E-state index contributed by atoms with van der Waals surface area (Å²) in [5.41, 5.74) is 2.52. The maximum Gasteiger partial charge on any atom is 0.282 e. The van der Waals surface area contributed by atoms with E-state index in [1.807, 2.05) is 55.4 Å². The second kappa shape index (κ2) is 6.57. The molecule has 0 bridgehead atoms. The molecule has 0 spiro atoms. The molecule has 5 nitrogen and oxygen atoms in total. The van der Waals surface area contributed by atoms with Crippen LogP contribution in [-0.4, -0.2) is 30.0 Å². The lowest BCUT2D eigenvalue weighted by Gasteiger charge is -2.11. The van der Waals surface area contributed by atoms with E-state index in [0.29, 0.717) is 16.7 Å². The molecular weight excluding hydrogens is 368 g/mol. The Labute approximate surface area is 148 Å². The minimum absolute atomic E-state index is 0.181. The monoisotopic (exact) mass is 384 g/mol. The molecule has 0 atom stereocenters. The Morgan fingerprint density at radius 1 is 1.17 bits per heavy atom. The average Bonchev–Trinajstić information content (AvgIpc) is 2.56. The summed E-state index contributed by atoms with van der Waals surface area (Å²) >= 11 is 3.39. The van der Waals surface area contributed by atoms with Gasteiger partial charge in [0.25, 0.3) is 5.56 Å². The number of benzene rings is 2. The van der Waals surface area contributed by atoms with E-state index in [0.717, 1.165) is 15.7 Å². The Kier molecular flexibility index (Phi) is 4.49. The zero-order chi connectivity index (χ0) is 17.3. The van der Waals surface area contributed by atoms with Gasteiger partial charge >= 0.3 is 0 Å². The van der Waals surface area contributed by atoms with Gasteiger partial charge in [-0.15, -0.1) is 0 Å². The predicted octanol–water partition coefficient (Wildman–Crippen LogP) is 3.42. The molecule has 0 saturated carbocycles. The molecule has 0 fully saturated rings. The highest BCUT2D eigenvalue weighted by Crippen LogP contribution is 2.16. The number of fused-ring (bicyclic) bond motifs is 1. The normalized spacial score (nSPS) is 11.3. The van der Waals surface area contributed by atoms with Crippen LogP contribution >= 0.6 is 15.9 Å². The van der Waals surface area contributed by atoms with Crippen LogP contribution in [0.4, 0.5) is 5.69 Å². The molecule has 0 unspecified atom stereocenters. The molecule has 2 aromatic carbocycles. The summed E-state index contributed by atoms with van der Waals surface area (Å²) in [5.74, 6) is 0.552. The van der Waals surface area contributed by atoms with Crippen LogP contribution < -0.4 is 10.5 Å². The van der Waals surface area contributed by atoms with Crippen molar-refractivity contribution in [3.8, 4) is 0 Å². The van der Waals surface area contributed by atoms with Crippen molar-refractivity contribution in [2.24, 2.45) is 5.10 Å². The van der Waals surface area contributed by atoms with Crippen LogP contribution in [0.1, 0.15) is 11.4 Å². The Morgan fingerprint density at radius 3 is 2.54 bits per heavy atom. The molecule has 24 heavy (non-hydrogen) atoms. The van der Waals surface area contributed by atoms with Crippen molar-refractivity contribution >= 4 is 38.7 Å². The number of aromatic nitrogens is 2. The summed E-state index contributed by atoms with van der Waals surface area (Å²) in [6, 6.07) is 13.4. The summed E-state index contributed by atoms with van der Waals surface area (Å²) < 4.78 is 2.17. The Morgan fingerprint density at radius 2 is 1.88 bits per heavy atom. The van der Waals surface area contributed by atoms with E-state index in [-0.39, 0.29) is 5.56 Å². The average molecular weight is 385 g/mol. The van der Waals surface area contributed by atoms with Crippen LogP contribution in [0.3, 0.4) is 0 Å². The molecule has 1 heterocycles. The third-order valence-corrected chi connectivity index (χ3v) is 4.20. The first-order chi connectivity index (χ1) is 11.5. The molecule has 0 radical (unpaired) electrons. The summed E-state index contributed by atoms with van der Waals surface area (Å²) in [7, 11) is 3.98. The molecule has 3 aromatic rings. The SMILES string of the molecule is Cc1nc2ccc(Br)cc2c(=O)n1N=Cc1ccc(N(C)C)cc1. The largest absolute Gasteiger partial charge is 0.378 e. The molecule has 0 amide bonds. The Hall–Kier alpha value is -2.47. The van der Waals surface area contributed by atoms with E-state index in [1.165, 1.54) is 4.68 Å². The van der Waals surface area contributed by atoms with Crippen LogP contribution in [0.15, 0.2) is 56.8 Å². The second-order valence-corrected chi connectivity index (χ2v) is 6.58. The van der Waals surface area contributed by atoms with Gasteiger partial charge in [0, 0.05) is 24.3 Å². The van der Waals surface area contributed by atoms with Gasteiger partial charge in [0.05, 0.1) is 17.1 Å². The molecule has 0 N–H and O–H groups in total. The van der Waals surface area contributed by atoms with Gasteiger partial charge < -0.3 is 4.90 Å². The van der Waals surface area contributed by atoms with E-state index in [9.17, 15) is 4.79 Å². The Balaban J connectivity index is 2.01.